The highest BCUT2D eigenvalue weighted by Crippen LogP contribution is 2.07. The summed E-state index contributed by atoms with van der Waals surface area (Å²) < 4.78 is 22.9. The lowest BCUT2D eigenvalue weighted by Crippen LogP contribution is -2.22. The molecule has 0 fully saturated rings. The maximum absolute atomic E-state index is 10.1. The van der Waals surface area contributed by atoms with Crippen molar-refractivity contribution in [1.29, 1.82) is 0 Å². The zero-order valence-corrected chi connectivity index (χ0v) is 6.99. The maximum Gasteiger partial charge on any atom is 0.303 e. The molecule has 0 amide bonds. The molecule has 1 unspecified atom stereocenters. The largest absolute Gasteiger partial charge is 0.303 e. The predicted octanol–water partition coefficient (Wildman–Crippen LogP) is 0.942. The SMILES string of the molecule is CC#CC(C)(C)OS(=O)O. The summed E-state index contributed by atoms with van der Waals surface area (Å²) in [5, 5.41) is 0. The molecule has 0 saturated heterocycles. The molecule has 0 aliphatic carbocycles. The van der Waals surface area contributed by atoms with E-state index in [0.29, 0.717) is 0 Å². The van der Waals surface area contributed by atoms with E-state index in [-0.39, 0.29) is 0 Å². The number of hydrogen-bond acceptors (Lipinski definition) is 2. The van der Waals surface area contributed by atoms with E-state index in [1.165, 1.54) is 0 Å². The first-order chi connectivity index (χ1) is 4.48. The molecule has 58 valence electrons. The van der Waals surface area contributed by atoms with Crippen LogP contribution >= 0.6 is 0 Å². The minimum absolute atomic E-state index is 0.839. The number of hydrogen-bond donors (Lipinski definition) is 1. The van der Waals surface area contributed by atoms with Crippen LogP contribution in [0.3, 0.4) is 0 Å². The van der Waals surface area contributed by atoms with Crippen molar-refractivity contribution in [2.75, 3.05) is 0 Å². The van der Waals surface area contributed by atoms with Crippen LogP contribution in [0, 0.1) is 11.8 Å². The van der Waals surface area contributed by atoms with E-state index in [9.17, 15) is 4.21 Å². The van der Waals surface area contributed by atoms with Gasteiger partial charge in [0.2, 0.25) is 0 Å². The molecule has 0 aliphatic rings. The van der Waals surface area contributed by atoms with Gasteiger partial charge in [-0.1, -0.05) is 5.92 Å². The molecule has 1 N–H and O–H groups in total. The molecule has 0 aromatic carbocycles. The van der Waals surface area contributed by atoms with Crippen molar-refractivity contribution in [2.24, 2.45) is 0 Å². The summed E-state index contributed by atoms with van der Waals surface area (Å²) in [6, 6.07) is 0. The summed E-state index contributed by atoms with van der Waals surface area (Å²) in [5.74, 6) is 5.22. The monoisotopic (exact) mass is 162 g/mol. The van der Waals surface area contributed by atoms with Crippen molar-refractivity contribution in [1.82, 2.24) is 0 Å². The molecule has 4 heteroatoms. The molecule has 3 nitrogen and oxygen atoms in total. The van der Waals surface area contributed by atoms with Gasteiger partial charge in [-0.3, -0.25) is 4.55 Å². The fourth-order valence-corrected chi connectivity index (χ4v) is 0.898. The highest BCUT2D eigenvalue weighted by Gasteiger charge is 2.17. The second-order valence-corrected chi connectivity index (χ2v) is 2.79. The second kappa shape index (κ2) is 3.71. The first-order valence-electron chi connectivity index (χ1n) is 2.72. The van der Waals surface area contributed by atoms with Crippen LogP contribution in [-0.2, 0) is 15.5 Å². The van der Waals surface area contributed by atoms with Gasteiger partial charge >= 0.3 is 11.4 Å². The van der Waals surface area contributed by atoms with Crippen LogP contribution < -0.4 is 0 Å². The lowest BCUT2D eigenvalue weighted by atomic mass is 10.1. The van der Waals surface area contributed by atoms with Gasteiger partial charge in [-0.05, 0) is 20.8 Å². The molecule has 0 aromatic heterocycles. The highest BCUT2D eigenvalue weighted by molar-refractivity contribution is 7.74. The minimum Gasteiger partial charge on any atom is -0.284 e. The van der Waals surface area contributed by atoms with Crippen LogP contribution in [0.25, 0.3) is 0 Å². The Balaban J connectivity index is 4.08. The van der Waals surface area contributed by atoms with E-state index in [1.54, 1.807) is 20.8 Å². The molecule has 10 heavy (non-hydrogen) atoms. The first kappa shape index (κ1) is 9.63. The van der Waals surface area contributed by atoms with E-state index >= 15 is 0 Å². The summed E-state index contributed by atoms with van der Waals surface area (Å²) in [6.07, 6.45) is 0. The van der Waals surface area contributed by atoms with Crippen molar-refractivity contribution in [3.8, 4) is 11.8 Å². The normalized spacial score (nSPS) is 13.6. The van der Waals surface area contributed by atoms with Gasteiger partial charge < -0.3 is 0 Å². The molecule has 0 radical (unpaired) electrons. The van der Waals surface area contributed by atoms with Gasteiger partial charge in [0, 0.05) is 0 Å². The summed E-state index contributed by atoms with van der Waals surface area (Å²) in [6.45, 7) is 4.89. The molecule has 0 spiro atoms. The summed E-state index contributed by atoms with van der Waals surface area (Å²) in [4.78, 5) is 0. The van der Waals surface area contributed by atoms with Crippen molar-refractivity contribution in [3.63, 3.8) is 0 Å². The summed E-state index contributed by atoms with van der Waals surface area (Å²) in [7, 11) is 0. The zero-order chi connectivity index (χ0) is 8.20. The molecule has 0 aromatic rings. The van der Waals surface area contributed by atoms with E-state index in [0.717, 1.165) is 0 Å². The van der Waals surface area contributed by atoms with Crippen LogP contribution in [0.2, 0.25) is 0 Å². The van der Waals surface area contributed by atoms with Gasteiger partial charge in [0.25, 0.3) is 0 Å². The van der Waals surface area contributed by atoms with Crippen LogP contribution in [0.5, 0.6) is 0 Å². The topological polar surface area (TPSA) is 46.5 Å². The molecule has 0 rings (SSSR count). The Kier molecular flexibility index (Phi) is 3.58. The molecular formula is C6H10O3S. The van der Waals surface area contributed by atoms with E-state index in [4.69, 9.17) is 4.55 Å². The molecule has 0 saturated carbocycles. The van der Waals surface area contributed by atoms with Gasteiger partial charge in [-0.15, -0.1) is 5.92 Å². The van der Waals surface area contributed by atoms with Crippen molar-refractivity contribution < 1.29 is 12.9 Å². The fourth-order valence-electron chi connectivity index (χ4n) is 0.500. The molecule has 0 aliphatic heterocycles. The average Bonchev–Trinajstić information content (AvgIpc) is 1.59. The van der Waals surface area contributed by atoms with Gasteiger partial charge in [0.05, 0.1) is 0 Å². The van der Waals surface area contributed by atoms with Gasteiger partial charge in [-0.2, -0.15) is 4.21 Å². The smallest absolute Gasteiger partial charge is 0.284 e. The Hall–Kier alpha value is -0.370. The van der Waals surface area contributed by atoms with E-state index in [1.807, 2.05) is 0 Å². The van der Waals surface area contributed by atoms with Crippen LogP contribution in [0.15, 0.2) is 0 Å². The standard InChI is InChI=1S/C6H10O3S/c1-4-5-6(2,3)9-10(7)8/h1-3H3,(H,7,8). The quantitative estimate of drug-likeness (QED) is 0.485. The second-order valence-electron chi connectivity index (χ2n) is 2.19. The molecular weight excluding hydrogens is 152 g/mol. The lowest BCUT2D eigenvalue weighted by molar-refractivity contribution is 0.176. The Morgan fingerprint density at radius 3 is 2.40 bits per heavy atom. The van der Waals surface area contributed by atoms with Crippen LogP contribution in [0.1, 0.15) is 20.8 Å². The Labute approximate surface area is 63.3 Å². The Morgan fingerprint density at radius 1 is 1.60 bits per heavy atom. The maximum atomic E-state index is 10.1. The zero-order valence-electron chi connectivity index (χ0n) is 6.17. The molecule has 1 atom stereocenters. The van der Waals surface area contributed by atoms with Crippen molar-refractivity contribution >= 4 is 11.4 Å². The van der Waals surface area contributed by atoms with E-state index < -0.39 is 17.0 Å². The van der Waals surface area contributed by atoms with Crippen molar-refractivity contribution in [2.45, 2.75) is 26.4 Å². The highest BCUT2D eigenvalue weighted by atomic mass is 32.2. The summed E-state index contributed by atoms with van der Waals surface area (Å²) >= 11 is -2.24. The van der Waals surface area contributed by atoms with Crippen LogP contribution in [-0.4, -0.2) is 14.4 Å². The third kappa shape index (κ3) is 4.50. The Bertz CT molecular complexity index is 187. The third-order valence-corrected chi connectivity index (χ3v) is 1.26. The van der Waals surface area contributed by atoms with E-state index in [2.05, 4.69) is 16.0 Å². The lowest BCUT2D eigenvalue weighted by Gasteiger charge is -2.13. The van der Waals surface area contributed by atoms with Gasteiger partial charge in [0.15, 0.2) is 0 Å². The van der Waals surface area contributed by atoms with Gasteiger partial charge in [0.1, 0.15) is 5.60 Å². The fraction of sp³-hybridized carbons (Fsp3) is 0.667. The molecule has 0 heterocycles. The first-order valence-corrected chi connectivity index (χ1v) is 3.75. The third-order valence-electron chi connectivity index (χ3n) is 0.706. The van der Waals surface area contributed by atoms with Crippen LogP contribution in [0.4, 0.5) is 0 Å². The molecule has 0 bridgehead atoms. The summed E-state index contributed by atoms with van der Waals surface area (Å²) in [5.41, 5.74) is -0.839. The van der Waals surface area contributed by atoms with Gasteiger partial charge in [-0.25, -0.2) is 4.18 Å². The minimum atomic E-state index is -2.24. The number of rotatable bonds is 2. The average molecular weight is 162 g/mol. The Morgan fingerprint density at radius 2 is 2.10 bits per heavy atom. The predicted molar refractivity (Wildman–Crippen MR) is 39.4 cm³/mol. The van der Waals surface area contributed by atoms with Crippen molar-refractivity contribution in [3.05, 3.63) is 0 Å².